The van der Waals surface area contributed by atoms with Crippen LogP contribution in [-0.4, -0.2) is 97.2 Å². The minimum absolute atomic E-state index is 0. The fourth-order valence-corrected chi connectivity index (χ4v) is 0. The van der Waals surface area contributed by atoms with E-state index in [-0.39, 0.29) is 100 Å². The zero-order valence-corrected chi connectivity index (χ0v) is 9.38. The Balaban J connectivity index is 0. The third kappa shape index (κ3) is 8.91. The maximum absolute atomic E-state index is 0. The molecule has 4 heavy (non-hydrogen) atoms. The van der Waals surface area contributed by atoms with Gasteiger partial charge in [-0.1, -0.05) is 0 Å². The van der Waals surface area contributed by atoms with E-state index in [1.165, 1.54) is 0 Å². The molecule has 0 spiro atoms. The molecule has 0 aliphatic rings. The summed E-state index contributed by atoms with van der Waals surface area (Å²) in [6.45, 7) is 0. The van der Waals surface area contributed by atoms with Gasteiger partial charge in [-0.2, -0.15) is 0 Å². The van der Waals surface area contributed by atoms with Gasteiger partial charge < -0.3 is 2.85 Å². The van der Waals surface area contributed by atoms with Gasteiger partial charge in [0.05, 0.1) is 0 Å². The molecule has 0 rings (SSSR count). The van der Waals surface area contributed by atoms with Crippen LogP contribution in [0.5, 0.6) is 0 Å². The van der Waals surface area contributed by atoms with Gasteiger partial charge in [0.15, 0.2) is 0 Å². The summed E-state index contributed by atoms with van der Waals surface area (Å²) in [5.74, 6) is 0. The molecule has 0 radical (unpaired) electrons. The molecule has 0 unspecified atom stereocenters. The van der Waals surface area contributed by atoms with Gasteiger partial charge in [0.1, 0.15) is 0 Å². The maximum Gasteiger partial charge on any atom is 2.00 e. The Morgan fingerprint density at radius 1 is 1.00 bits per heavy atom. The predicted octanol–water partition coefficient (Wildman–Crippen LogP) is -3.44. The molecule has 0 fully saturated rings. The molecule has 0 heterocycles. The van der Waals surface area contributed by atoms with Crippen molar-refractivity contribution < 1.29 is 2.85 Å². The van der Waals surface area contributed by atoms with Crippen molar-refractivity contribution in [2.45, 2.75) is 0 Å². The second kappa shape index (κ2) is 16.6. The first-order valence-electron chi connectivity index (χ1n) is 0. The van der Waals surface area contributed by atoms with E-state index in [9.17, 15) is 0 Å². The standard InChI is InChI=1S/GeH4.2H2Se.Sr.2H/h1H4;2*1H2;;;/q;;;+2;2*-1. The van der Waals surface area contributed by atoms with Crippen LogP contribution in [0.3, 0.4) is 0 Å². The first-order chi connectivity index (χ1) is 0. The molecule has 0 saturated heterocycles. The van der Waals surface area contributed by atoms with Crippen molar-refractivity contribution in [2.24, 2.45) is 0 Å². The summed E-state index contributed by atoms with van der Waals surface area (Å²) < 4.78 is 0. The van der Waals surface area contributed by atoms with E-state index >= 15 is 0 Å². The normalized spacial score (nSPS) is 0. The smallest absolute Gasteiger partial charge is 2.00 e. The summed E-state index contributed by atoms with van der Waals surface area (Å²) in [6.07, 6.45) is 0. The molecule has 28 valence electrons. The Morgan fingerprint density at radius 3 is 1.00 bits per heavy atom. The van der Waals surface area contributed by atoms with Crippen LogP contribution >= 0.6 is 0 Å². The van der Waals surface area contributed by atoms with Crippen LogP contribution in [0.2, 0.25) is 0 Å². The van der Waals surface area contributed by atoms with Gasteiger partial charge >= 0.3 is 97.2 Å². The molecule has 0 N–H and O–H groups in total. The zero-order valence-electron chi connectivity index (χ0n) is 3.71. The van der Waals surface area contributed by atoms with Crippen LogP contribution in [0.25, 0.3) is 0 Å². The van der Waals surface area contributed by atoms with E-state index < -0.39 is 0 Å². The maximum atomic E-state index is 0. The van der Waals surface area contributed by atoms with Gasteiger partial charge in [0, 0.05) is 0 Å². The Bertz CT molecular complexity index is 11.5. The molecule has 0 aromatic carbocycles. The fraction of sp³-hybridized carbons (Fsp3) is 0. The van der Waals surface area contributed by atoms with E-state index in [0.29, 0.717) is 0 Å². The second-order valence-corrected chi connectivity index (χ2v) is 0. The van der Waals surface area contributed by atoms with E-state index in [4.69, 9.17) is 0 Å². The summed E-state index contributed by atoms with van der Waals surface area (Å²) >= 11 is 0. The van der Waals surface area contributed by atoms with Gasteiger partial charge in [-0.15, -0.1) is 0 Å². The van der Waals surface area contributed by atoms with Gasteiger partial charge in [-0.25, -0.2) is 0 Å². The van der Waals surface area contributed by atoms with Gasteiger partial charge in [-0.05, 0) is 0 Å². The summed E-state index contributed by atoms with van der Waals surface area (Å²) in [7, 11) is 0. The molecule has 4 heteroatoms. The van der Waals surface area contributed by atoms with Crippen LogP contribution < -0.4 is 0 Å². The first-order valence-corrected chi connectivity index (χ1v) is 0. The van der Waals surface area contributed by atoms with Gasteiger partial charge in [-0.3, -0.25) is 0 Å². The molecule has 0 aromatic heterocycles. The van der Waals surface area contributed by atoms with E-state index in [0.717, 1.165) is 0 Å². The molecule has 0 bridgehead atoms. The largest absolute Gasteiger partial charge is 2.00 e. The van der Waals surface area contributed by atoms with Crippen molar-refractivity contribution in [3.05, 3.63) is 0 Å². The second-order valence-electron chi connectivity index (χ2n) is 0. The Kier molecular flexibility index (Phi) is 115. The van der Waals surface area contributed by atoms with Crippen LogP contribution in [0.1, 0.15) is 2.85 Å². The van der Waals surface area contributed by atoms with Crippen LogP contribution in [0.15, 0.2) is 0 Å². The Hall–Kier alpha value is 3.06. The van der Waals surface area contributed by atoms with Crippen LogP contribution in [-0.2, 0) is 0 Å². The predicted molar refractivity (Wildman–Crippen MR) is 36.4 cm³/mol. The molecule has 0 atom stereocenters. The van der Waals surface area contributed by atoms with Gasteiger partial charge in [0.2, 0.25) is 0 Å². The summed E-state index contributed by atoms with van der Waals surface area (Å²) in [4.78, 5) is 0. The van der Waals surface area contributed by atoms with E-state index in [1.54, 1.807) is 0 Å². The third-order valence-electron chi connectivity index (χ3n) is 0. The van der Waals surface area contributed by atoms with Crippen molar-refractivity contribution in [1.29, 1.82) is 0 Å². The quantitative estimate of drug-likeness (QED) is 0.406. The van der Waals surface area contributed by atoms with E-state index in [2.05, 4.69) is 0 Å². The number of hydrogen-bond donors (Lipinski definition) is 0. The van der Waals surface area contributed by atoms with Crippen molar-refractivity contribution in [1.82, 2.24) is 0 Å². The minimum Gasteiger partial charge on any atom is 2.00 e. The Morgan fingerprint density at radius 2 is 1.00 bits per heavy atom. The SMILES string of the molecule is [GeH4].[H-].[H-].[SeH2].[SeH2].[Sr+2]. The van der Waals surface area contributed by atoms with Gasteiger partial charge in [0.25, 0.3) is 0 Å². The number of hydrogen-bond acceptors (Lipinski definition) is 0. The molecule has 0 nitrogen and oxygen atoms in total. The average molecular weight is 328 g/mol. The molecule has 0 aromatic rings. The van der Waals surface area contributed by atoms with Crippen molar-refractivity contribution in [2.75, 3.05) is 0 Å². The average Bonchev–Trinajstić information content (AvgIpc) is 0. The number of rotatable bonds is 0. The molecule has 0 amide bonds. The zero-order chi connectivity index (χ0) is 0. The summed E-state index contributed by atoms with van der Waals surface area (Å²) in [5.41, 5.74) is 0. The fourth-order valence-electron chi connectivity index (χ4n) is 0. The first kappa shape index (κ1) is 27.7. The Labute approximate surface area is 98.0 Å². The third-order valence-corrected chi connectivity index (χ3v) is 0. The molecule has 0 saturated carbocycles. The molecule has 0 aliphatic heterocycles. The van der Waals surface area contributed by atoms with Crippen molar-refractivity contribution in [3.63, 3.8) is 0 Å². The van der Waals surface area contributed by atoms with Crippen molar-refractivity contribution in [3.8, 4) is 0 Å². The van der Waals surface area contributed by atoms with Crippen molar-refractivity contribution >= 4 is 97.2 Å². The van der Waals surface area contributed by atoms with E-state index in [1.807, 2.05) is 0 Å². The minimum atomic E-state index is 0. The molecular formula is H10GeSe2Sr. The molecule has 0 aliphatic carbocycles. The summed E-state index contributed by atoms with van der Waals surface area (Å²) in [6, 6.07) is 0. The van der Waals surface area contributed by atoms with Crippen LogP contribution in [0, 0.1) is 0 Å². The topological polar surface area (TPSA) is 0 Å². The summed E-state index contributed by atoms with van der Waals surface area (Å²) in [5, 5.41) is 0. The molecular weight excluding hydrogens is 318 g/mol. The van der Waals surface area contributed by atoms with Crippen LogP contribution in [0.4, 0.5) is 0 Å². The monoisotopic (exact) mass is 332 g/mol.